The van der Waals surface area contributed by atoms with Crippen molar-refractivity contribution in [3.8, 4) is 0 Å². The van der Waals surface area contributed by atoms with E-state index in [2.05, 4.69) is 0 Å². The Morgan fingerprint density at radius 2 is 2.00 bits per heavy atom. The Hall–Kier alpha value is -0.492. The van der Waals surface area contributed by atoms with Crippen LogP contribution in [0.4, 0.5) is 0 Å². The Kier molecular flexibility index (Phi) is 5.33. The summed E-state index contributed by atoms with van der Waals surface area (Å²) >= 11 is 1.35. The van der Waals surface area contributed by atoms with Gasteiger partial charge in [-0.05, 0) is 0 Å². The maximum atomic E-state index is 9.84. The van der Waals surface area contributed by atoms with Gasteiger partial charge in [0.2, 0.25) is 0 Å². The summed E-state index contributed by atoms with van der Waals surface area (Å²) < 4.78 is 1.91. The molecule has 0 radical (unpaired) electrons. The third-order valence-electron chi connectivity index (χ3n) is 0.540. The van der Waals surface area contributed by atoms with Crippen LogP contribution in [0.15, 0.2) is 24.3 Å². The zero-order chi connectivity index (χ0) is 7.11. The van der Waals surface area contributed by atoms with Crippen LogP contribution in [0.1, 0.15) is 0 Å². The molecule has 0 fully saturated rings. The van der Waals surface area contributed by atoms with Crippen LogP contribution in [-0.4, -0.2) is 15.5 Å². The molecule has 48 valence electrons. The molecular formula is C6H6O2W. The molecule has 0 aliphatic carbocycles. The van der Waals surface area contributed by atoms with Crippen molar-refractivity contribution >= 4 is 10.4 Å². The molecule has 0 aromatic carbocycles. The Morgan fingerprint density at radius 3 is 2.44 bits per heavy atom. The van der Waals surface area contributed by atoms with Gasteiger partial charge < -0.3 is 0 Å². The first-order valence-electron chi connectivity index (χ1n) is 2.29. The van der Waals surface area contributed by atoms with Crippen molar-refractivity contribution in [2.24, 2.45) is 0 Å². The van der Waals surface area contributed by atoms with Crippen molar-refractivity contribution in [1.82, 2.24) is 0 Å². The Balaban J connectivity index is 3.59. The van der Waals surface area contributed by atoms with Gasteiger partial charge in [0.15, 0.2) is 0 Å². The normalized spacial score (nSPS) is 10.7. The number of rotatable bonds is 3. The predicted molar refractivity (Wildman–Crippen MR) is 32.0 cm³/mol. The van der Waals surface area contributed by atoms with Gasteiger partial charge in [0.1, 0.15) is 0 Å². The summed E-state index contributed by atoms with van der Waals surface area (Å²) in [4.78, 5) is 9.84. The summed E-state index contributed by atoms with van der Waals surface area (Å²) in [6.45, 7) is 0. The molecule has 0 aliphatic heterocycles. The van der Waals surface area contributed by atoms with E-state index in [4.69, 9.17) is 5.11 Å². The van der Waals surface area contributed by atoms with E-state index in [9.17, 15) is 4.79 Å². The van der Waals surface area contributed by atoms with Crippen LogP contribution < -0.4 is 0 Å². The van der Waals surface area contributed by atoms with Gasteiger partial charge in [0.05, 0.1) is 0 Å². The fourth-order valence-corrected chi connectivity index (χ4v) is 0.573. The van der Waals surface area contributed by atoms with E-state index in [0.717, 1.165) is 6.08 Å². The molecule has 0 unspecified atom stereocenters. The Labute approximate surface area is 64.3 Å². The fourth-order valence-electron chi connectivity index (χ4n) is 0.247. The van der Waals surface area contributed by atoms with Crippen molar-refractivity contribution in [3.63, 3.8) is 0 Å². The number of hydrogen-bond donors (Lipinski definition) is 1. The van der Waals surface area contributed by atoms with E-state index < -0.39 is 5.97 Å². The standard InChI is InChI=1S/C6H6O2.W/c1-2-3-4-5-6(7)8;/h1-5H,(H,7,8);/b3-2-,5-4?;. The number of allylic oxidation sites excluding steroid dienone is 3. The van der Waals surface area contributed by atoms with Crippen molar-refractivity contribution in [3.05, 3.63) is 24.3 Å². The summed E-state index contributed by atoms with van der Waals surface area (Å²) in [6, 6.07) is 0. The van der Waals surface area contributed by atoms with Gasteiger partial charge in [-0.25, -0.2) is 0 Å². The first kappa shape index (κ1) is 8.51. The predicted octanol–water partition coefficient (Wildman–Crippen LogP) is 0.532. The van der Waals surface area contributed by atoms with Crippen LogP contribution in [0, 0.1) is 0 Å². The van der Waals surface area contributed by atoms with Crippen molar-refractivity contribution < 1.29 is 29.3 Å². The molecule has 0 aromatic heterocycles. The van der Waals surface area contributed by atoms with Crippen LogP contribution in [0.2, 0.25) is 0 Å². The summed E-state index contributed by atoms with van der Waals surface area (Å²) in [6.07, 6.45) is 6.06. The van der Waals surface area contributed by atoms with Crippen LogP contribution in [-0.2, 0) is 24.1 Å². The quantitative estimate of drug-likeness (QED) is 0.609. The molecule has 0 saturated carbocycles. The van der Waals surface area contributed by atoms with Crippen LogP contribution in [0.5, 0.6) is 0 Å². The van der Waals surface area contributed by atoms with E-state index in [-0.39, 0.29) is 0 Å². The molecule has 1 N–H and O–H groups in total. The second kappa shape index (κ2) is 5.64. The van der Waals surface area contributed by atoms with Crippen molar-refractivity contribution in [2.75, 3.05) is 0 Å². The number of carboxylic acids is 1. The third kappa shape index (κ3) is 7.51. The zero-order valence-electron chi connectivity index (χ0n) is 4.65. The van der Waals surface area contributed by atoms with Crippen LogP contribution in [0.3, 0.4) is 0 Å². The zero-order valence-corrected chi connectivity index (χ0v) is 7.58. The van der Waals surface area contributed by atoms with Gasteiger partial charge in [0, 0.05) is 0 Å². The molecule has 0 saturated heterocycles. The van der Waals surface area contributed by atoms with Gasteiger partial charge in [-0.1, -0.05) is 0 Å². The molecular weight excluding hydrogens is 288 g/mol. The monoisotopic (exact) mass is 294 g/mol. The van der Waals surface area contributed by atoms with Gasteiger partial charge in [-0.15, -0.1) is 0 Å². The van der Waals surface area contributed by atoms with Gasteiger partial charge in [-0.3, -0.25) is 0 Å². The summed E-state index contributed by atoms with van der Waals surface area (Å²) in [5, 5.41) is 8.09. The molecule has 0 aromatic rings. The SMILES string of the molecule is O=C(O)C=C/C=C\[CH]=[W]. The first-order valence-corrected chi connectivity index (χ1v) is 3.98. The van der Waals surface area contributed by atoms with Gasteiger partial charge in [-0.2, -0.15) is 0 Å². The second-order valence-electron chi connectivity index (χ2n) is 1.22. The van der Waals surface area contributed by atoms with Crippen LogP contribution >= 0.6 is 0 Å². The van der Waals surface area contributed by atoms with Crippen molar-refractivity contribution in [2.45, 2.75) is 0 Å². The van der Waals surface area contributed by atoms with Gasteiger partial charge in [0.25, 0.3) is 0 Å². The van der Waals surface area contributed by atoms with E-state index >= 15 is 0 Å². The minimum atomic E-state index is -0.914. The van der Waals surface area contributed by atoms with Gasteiger partial charge >= 0.3 is 63.9 Å². The molecule has 0 aliphatic rings. The first-order chi connectivity index (χ1) is 4.27. The molecule has 0 spiro atoms. The average Bonchev–Trinajstić information content (AvgIpc) is 1.80. The van der Waals surface area contributed by atoms with Crippen molar-refractivity contribution in [1.29, 1.82) is 0 Å². The number of aliphatic carboxylic acids is 1. The van der Waals surface area contributed by atoms with E-state index in [1.807, 2.05) is 4.40 Å². The molecule has 0 bridgehead atoms. The summed E-state index contributed by atoms with van der Waals surface area (Å²) in [5.74, 6) is -0.914. The molecule has 2 nitrogen and oxygen atoms in total. The number of hydrogen-bond acceptors (Lipinski definition) is 1. The second-order valence-corrected chi connectivity index (χ2v) is 2.20. The molecule has 0 atom stereocenters. The number of carboxylic acid groups (broad SMARTS) is 1. The fraction of sp³-hybridized carbons (Fsp3) is 0. The summed E-state index contributed by atoms with van der Waals surface area (Å²) in [5.41, 5.74) is 0. The molecule has 9 heavy (non-hydrogen) atoms. The average molecular weight is 294 g/mol. The molecule has 3 heteroatoms. The summed E-state index contributed by atoms with van der Waals surface area (Å²) in [7, 11) is 0. The minimum absolute atomic E-state index is 0.914. The molecule has 0 amide bonds. The Morgan fingerprint density at radius 1 is 1.33 bits per heavy atom. The molecule has 0 rings (SSSR count). The molecule has 0 heterocycles. The van der Waals surface area contributed by atoms with E-state index in [1.54, 1.807) is 12.2 Å². The van der Waals surface area contributed by atoms with Crippen LogP contribution in [0.25, 0.3) is 0 Å². The third-order valence-corrected chi connectivity index (χ3v) is 1.10. The van der Waals surface area contributed by atoms with E-state index in [1.165, 1.54) is 25.4 Å². The topological polar surface area (TPSA) is 37.3 Å². The maximum absolute atomic E-state index is 9.84. The Bertz CT molecular complexity index is 158. The van der Waals surface area contributed by atoms with E-state index in [0.29, 0.717) is 0 Å². The number of carbonyl (C=O) groups is 1.